The van der Waals surface area contributed by atoms with Gasteiger partial charge >= 0.3 is 0 Å². The number of aromatic nitrogens is 2. The fraction of sp³-hybridized carbons (Fsp3) is 0.429. The predicted octanol–water partition coefficient (Wildman–Crippen LogP) is 1.94. The molecule has 0 saturated carbocycles. The maximum absolute atomic E-state index is 9.23. The van der Waals surface area contributed by atoms with Crippen LogP contribution >= 0.6 is 0 Å². The number of phenolic OH excluding ortho intramolecular Hbond substituents is 1. The summed E-state index contributed by atoms with van der Waals surface area (Å²) in [7, 11) is 0. The van der Waals surface area contributed by atoms with Crippen LogP contribution in [0.25, 0.3) is 0 Å². The zero-order valence-corrected chi connectivity index (χ0v) is 11.5. The van der Waals surface area contributed by atoms with E-state index in [1.54, 1.807) is 12.1 Å². The topological polar surface area (TPSA) is 94.4 Å². The molecular formula is C14H19N3O3. The molecule has 1 aromatic carbocycles. The molecule has 108 valence electrons. The normalized spacial score (nSPS) is 12.5. The lowest BCUT2D eigenvalue weighted by atomic mass is 10.1. The summed E-state index contributed by atoms with van der Waals surface area (Å²) in [6, 6.07) is 6.51. The molecule has 6 heteroatoms. The Morgan fingerprint density at radius 1 is 1.35 bits per heavy atom. The van der Waals surface area contributed by atoms with E-state index in [1.807, 2.05) is 19.1 Å². The second kappa shape index (κ2) is 7.02. The van der Waals surface area contributed by atoms with Crippen molar-refractivity contribution >= 4 is 0 Å². The molecule has 0 aliphatic carbocycles. The van der Waals surface area contributed by atoms with Gasteiger partial charge in [-0.15, -0.1) is 0 Å². The van der Waals surface area contributed by atoms with Gasteiger partial charge in [0.25, 0.3) is 0 Å². The third-order valence-corrected chi connectivity index (χ3v) is 2.77. The Labute approximate surface area is 117 Å². The maximum Gasteiger partial charge on any atom is 0.243 e. The second-order valence-electron chi connectivity index (χ2n) is 4.58. The molecule has 6 nitrogen and oxygen atoms in total. The van der Waals surface area contributed by atoms with Crippen LogP contribution in [-0.4, -0.2) is 21.9 Å². The molecule has 1 atom stereocenters. The molecule has 0 unspecified atom stereocenters. The van der Waals surface area contributed by atoms with Crippen LogP contribution in [0.1, 0.15) is 36.7 Å². The average Bonchev–Trinajstić information content (AvgIpc) is 2.91. The summed E-state index contributed by atoms with van der Waals surface area (Å²) in [6.45, 7) is 3.04. The lowest BCUT2D eigenvalue weighted by molar-refractivity contribution is 0.114. The van der Waals surface area contributed by atoms with Gasteiger partial charge in [0, 0.05) is 6.61 Å². The van der Waals surface area contributed by atoms with Gasteiger partial charge in [-0.3, -0.25) is 0 Å². The fourth-order valence-electron chi connectivity index (χ4n) is 1.76. The Balaban J connectivity index is 1.91. The van der Waals surface area contributed by atoms with Crippen LogP contribution in [0.2, 0.25) is 0 Å². The quantitative estimate of drug-likeness (QED) is 0.751. The van der Waals surface area contributed by atoms with Crippen molar-refractivity contribution in [3.05, 3.63) is 41.5 Å². The number of benzene rings is 1. The van der Waals surface area contributed by atoms with Crippen LogP contribution in [0.3, 0.4) is 0 Å². The zero-order chi connectivity index (χ0) is 14.4. The Kier molecular flexibility index (Phi) is 5.09. The minimum atomic E-state index is -0.369. The first kappa shape index (κ1) is 14.5. The first-order valence-corrected chi connectivity index (χ1v) is 6.62. The van der Waals surface area contributed by atoms with E-state index in [-0.39, 0.29) is 11.8 Å². The fourth-order valence-corrected chi connectivity index (χ4v) is 1.76. The van der Waals surface area contributed by atoms with Crippen molar-refractivity contribution in [2.24, 2.45) is 5.73 Å². The Hall–Kier alpha value is -1.92. The molecule has 1 aromatic heterocycles. The van der Waals surface area contributed by atoms with Crippen molar-refractivity contribution in [3.63, 3.8) is 0 Å². The largest absolute Gasteiger partial charge is 0.508 e. The van der Waals surface area contributed by atoms with Crippen molar-refractivity contribution < 1.29 is 14.4 Å². The van der Waals surface area contributed by atoms with Gasteiger partial charge in [0.2, 0.25) is 5.89 Å². The lowest BCUT2D eigenvalue weighted by Crippen LogP contribution is -2.13. The smallest absolute Gasteiger partial charge is 0.243 e. The number of hydrogen-bond acceptors (Lipinski definition) is 6. The minimum absolute atomic E-state index is 0.232. The van der Waals surface area contributed by atoms with E-state index in [1.165, 1.54) is 0 Å². The predicted molar refractivity (Wildman–Crippen MR) is 73.0 cm³/mol. The maximum atomic E-state index is 9.23. The van der Waals surface area contributed by atoms with Crippen LogP contribution in [0.15, 0.2) is 28.8 Å². The lowest BCUT2D eigenvalue weighted by Gasteiger charge is -2.06. The highest BCUT2D eigenvalue weighted by molar-refractivity contribution is 5.26. The average molecular weight is 277 g/mol. The SMILES string of the molecule is CCCOCc1noc([C@H](N)Cc2ccc(O)cc2)n1. The molecule has 2 aromatic rings. The van der Waals surface area contributed by atoms with Gasteiger partial charge in [0.05, 0.1) is 6.04 Å². The highest BCUT2D eigenvalue weighted by atomic mass is 16.5. The van der Waals surface area contributed by atoms with Crippen LogP contribution < -0.4 is 5.73 Å². The van der Waals surface area contributed by atoms with E-state index in [0.717, 1.165) is 12.0 Å². The van der Waals surface area contributed by atoms with Crippen LogP contribution in [0, 0.1) is 0 Å². The van der Waals surface area contributed by atoms with Crippen molar-refractivity contribution in [1.82, 2.24) is 10.1 Å². The molecule has 0 fully saturated rings. The molecule has 0 spiro atoms. The van der Waals surface area contributed by atoms with E-state index >= 15 is 0 Å². The van der Waals surface area contributed by atoms with Crippen LogP contribution in [0.4, 0.5) is 0 Å². The van der Waals surface area contributed by atoms with Crippen LogP contribution in [-0.2, 0) is 17.8 Å². The molecule has 20 heavy (non-hydrogen) atoms. The molecule has 1 heterocycles. The van der Waals surface area contributed by atoms with Crippen molar-refractivity contribution in [1.29, 1.82) is 0 Å². The molecule has 0 radical (unpaired) electrons. The first-order valence-electron chi connectivity index (χ1n) is 6.62. The van der Waals surface area contributed by atoms with Gasteiger partial charge in [-0.1, -0.05) is 24.2 Å². The Bertz CT molecular complexity index is 525. The monoisotopic (exact) mass is 277 g/mol. The minimum Gasteiger partial charge on any atom is -0.508 e. The van der Waals surface area contributed by atoms with Crippen LogP contribution in [0.5, 0.6) is 5.75 Å². The van der Waals surface area contributed by atoms with Gasteiger partial charge < -0.3 is 20.1 Å². The van der Waals surface area contributed by atoms with Crippen molar-refractivity contribution in [2.75, 3.05) is 6.61 Å². The summed E-state index contributed by atoms with van der Waals surface area (Å²) in [5, 5.41) is 13.1. The highest BCUT2D eigenvalue weighted by Crippen LogP contribution is 2.17. The zero-order valence-electron chi connectivity index (χ0n) is 11.5. The van der Waals surface area contributed by atoms with E-state index in [9.17, 15) is 5.11 Å². The molecule has 0 aliphatic heterocycles. The number of phenols is 1. The highest BCUT2D eigenvalue weighted by Gasteiger charge is 2.15. The third kappa shape index (κ3) is 4.04. The summed E-state index contributed by atoms with van der Waals surface area (Å²) in [4.78, 5) is 4.22. The van der Waals surface area contributed by atoms with Gasteiger partial charge in [-0.05, 0) is 30.5 Å². The number of hydrogen-bond donors (Lipinski definition) is 2. The Morgan fingerprint density at radius 2 is 2.10 bits per heavy atom. The van der Waals surface area contributed by atoms with E-state index in [2.05, 4.69) is 10.1 Å². The van der Waals surface area contributed by atoms with Gasteiger partial charge in [0.15, 0.2) is 5.82 Å². The summed E-state index contributed by atoms with van der Waals surface area (Å²) in [5.74, 6) is 1.14. The first-order chi connectivity index (χ1) is 9.69. The van der Waals surface area contributed by atoms with Crippen molar-refractivity contribution in [2.45, 2.75) is 32.4 Å². The number of ether oxygens (including phenoxy) is 1. The van der Waals surface area contributed by atoms with Gasteiger partial charge in [-0.2, -0.15) is 4.98 Å². The summed E-state index contributed by atoms with van der Waals surface area (Å²) in [6.07, 6.45) is 1.52. The molecule has 0 saturated heterocycles. The molecule has 3 N–H and O–H groups in total. The number of nitrogens with zero attached hydrogens (tertiary/aromatic N) is 2. The number of nitrogens with two attached hydrogens (primary N) is 1. The Morgan fingerprint density at radius 3 is 2.80 bits per heavy atom. The second-order valence-corrected chi connectivity index (χ2v) is 4.58. The molecule has 0 amide bonds. The third-order valence-electron chi connectivity index (χ3n) is 2.77. The summed E-state index contributed by atoms with van der Waals surface area (Å²) >= 11 is 0. The molecule has 2 rings (SSSR count). The van der Waals surface area contributed by atoms with Gasteiger partial charge in [0.1, 0.15) is 12.4 Å². The van der Waals surface area contributed by atoms with E-state index in [0.29, 0.717) is 31.3 Å². The van der Waals surface area contributed by atoms with E-state index < -0.39 is 0 Å². The molecule has 0 bridgehead atoms. The molecular weight excluding hydrogens is 258 g/mol. The standard InChI is InChI=1S/C14H19N3O3/c1-2-7-19-9-13-16-14(20-17-13)12(15)8-10-3-5-11(18)6-4-10/h3-6,12,18H,2,7-9,15H2,1H3/t12-/m1/s1. The number of rotatable bonds is 7. The van der Waals surface area contributed by atoms with E-state index in [4.69, 9.17) is 15.0 Å². The van der Waals surface area contributed by atoms with Gasteiger partial charge in [-0.25, -0.2) is 0 Å². The number of aromatic hydroxyl groups is 1. The molecule has 0 aliphatic rings. The summed E-state index contributed by atoms with van der Waals surface area (Å²) < 4.78 is 10.5. The summed E-state index contributed by atoms with van der Waals surface area (Å²) in [5.41, 5.74) is 7.03. The van der Waals surface area contributed by atoms with Crippen molar-refractivity contribution in [3.8, 4) is 5.75 Å².